The summed E-state index contributed by atoms with van der Waals surface area (Å²) in [5.74, 6) is -0.320. The van der Waals surface area contributed by atoms with E-state index >= 15 is 0 Å². The molecular weight excluding hydrogens is 416 g/mol. The van der Waals surface area contributed by atoms with Crippen molar-refractivity contribution in [1.82, 2.24) is 5.32 Å². The van der Waals surface area contributed by atoms with E-state index in [1.807, 2.05) is 37.3 Å². The number of nitrogens with one attached hydrogen (secondary N) is 1. The molecule has 0 radical (unpaired) electrons. The van der Waals surface area contributed by atoms with Crippen molar-refractivity contribution in [3.8, 4) is 0 Å². The molecule has 28 heavy (non-hydrogen) atoms. The zero-order chi connectivity index (χ0) is 20.3. The van der Waals surface area contributed by atoms with E-state index in [0.29, 0.717) is 15.6 Å². The summed E-state index contributed by atoms with van der Waals surface area (Å²) in [6.45, 7) is 1.88. The Morgan fingerprint density at radius 1 is 1.07 bits per heavy atom. The van der Waals surface area contributed by atoms with Crippen molar-refractivity contribution in [2.45, 2.75) is 17.9 Å². The number of sulfonamides is 1. The first-order chi connectivity index (χ1) is 13.3. The number of anilines is 1. The number of halogens is 1. The topological polar surface area (TPSA) is 66.5 Å². The second-order valence-corrected chi connectivity index (χ2v) is 9.49. The fraction of sp³-hybridized carbons (Fsp3) is 0.150. The zero-order valence-corrected chi connectivity index (χ0v) is 17.7. The van der Waals surface area contributed by atoms with Crippen LogP contribution in [0.15, 0.2) is 70.9 Å². The molecule has 2 aromatic carbocycles. The van der Waals surface area contributed by atoms with Crippen LogP contribution < -0.4 is 9.62 Å². The summed E-state index contributed by atoms with van der Waals surface area (Å²) >= 11 is 7.04. The summed E-state index contributed by atoms with van der Waals surface area (Å²) in [7, 11) is -2.38. The van der Waals surface area contributed by atoms with Crippen molar-refractivity contribution < 1.29 is 13.2 Å². The maximum Gasteiger partial charge on any atom is 0.264 e. The van der Waals surface area contributed by atoms with Gasteiger partial charge in [0.25, 0.3) is 15.9 Å². The van der Waals surface area contributed by atoms with Crippen LogP contribution in [-0.2, 0) is 10.0 Å². The monoisotopic (exact) mass is 434 g/mol. The van der Waals surface area contributed by atoms with E-state index in [4.69, 9.17) is 11.6 Å². The minimum atomic E-state index is -3.81. The van der Waals surface area contributed by atoms with Crippen molar-refractivity contribution in [2.75, 3.05) is 11.4 Å². The number of carbonyl (C=O) groups is 1. The minimum absolute atomic E-state index is 0.106. The van der Waals surface area contributed by atoms with E-state index in [-0.39, 0.29) is 16.8 Å². The van der Waals surface area contributed by atoms with E-state index in [0.717, 1.165) is 9.87 Å². The highest BCUT2D eigenvalue weighted by atomic mass is 35.5. The third-order valence-corrected chi connectivity index (χ3v) is 7.25. The number of carbonyl (C=O) groups excluding carboxylic acids is 1. The summed E-state index contributed by atoms with van der Waals surface area (Å²) in [6, 6.07) is 16.9. The Balaban J connectivity index is 1.84. The Hall–Kier alpha value is -2.35. The minimum Gasteiger partial charge on any atom is -0.345 e. The van der Waals surface area contributed by atoms with Gasteiger partial charge < -0.3 is 5.32 Å². The number of nitrogens with zero attached hydrogens (tertiary/aromatic N) is 1. The van der Waals surface area contributed by atoms with Gasteiger partial charge >= 0.3 is 0 Å². The summed E-state index contributed by atoms with van der Waals surface area (Å²) in [6.07, 6.45) is 0. The number of hydrogen-bond acceptors (Lipinski definition) is 4. The van der Waals surface area contributed by atoms with E-state index < -0.39 is 10.0 Å². The van der Waals surface area contributed by atoms with Gasteiger partial charge in [-0.1, -0.05) is 41.9 Å². The Morgan fingerprint density at radius 2 is 1.71 bits per heavy atom. The number of amides is 1. The molecule has 146 valence electrons. The van der Waals surface area contributed by atoms with E-state index in [2.05, 4.69) is 5.32 Å². The second-order valence-electron chi connectivity index (χ2n) is 6.17. The van der Waals surface area contributed by atoms with E-state index in [1.165, 1.54) is 42.6 Å². The molecule has 0 aliphatic carbocycles. The fourth-order valence-corrected chi connectivity index (χ4v) is 4.92. The van der Waals surface area contributed by atoms with Crippen LogP contribution >= 0.6 is 22.9 Å². The van der Waals surface area contributed by atoms with Crippen LogP contribution in [0.4, 0.5) is 5.69 Å². The van der Waals surface area contributed by atoms with Crippen LogP contribution in [-0.4, -0.2) is 21.4 Å². The summed E-state index contributed by atoms with van der Waals surface area (Å²) in [5.41, 5.74) is 1.30. The Labute approximate surface area is 173 Å². The normalized spacial score (nSPS) is 12.4. The predicted molar refractivity (Wildman–Crippen MR) is 114 cm³/mol. The molecule has 0 spiro atoms. The summed E-state index contributed by atoms with van der Waals surface area (Å²) < 4.78 is 27.0. The predicted octanol–water partition coefficient (Wildman–Crippen LogP) is 4.72. The molecule has 8 heteroatoms. The third kappa shape index (κ3) is 4.22. The highest BCUT2D eigenvalue weighted by Gasteiger charge is 2.26. The van der Waals surface area contributed by atoms with Crippen LogP contribution in [0.3, 0.4) is 0 Å². The van der Waals surface area contributed by atoms with Gasteiger partial charge in [0, 0.05) is 12.1 Å². The zero-order valence-electron chi connectivity index (χ0n) is 15.3. The average Bonchev–Trinajstić information content (AvgIpc) is 3.18. The second kappa shape index (κ2) is 8.34. The average molecular weight is 435 g/mol. The molecule has 0 bridgehead atoms. The van der Waals surface area contributed by atoms with E-state index in [1.54, 1.807) is 11.4 Å². The Morgan fingerprint density at radius 3 is 2.36 bits per heavy atom. The molecule has 0 aliphatic heterocycles. The molecular formula is C20H19ClN2O3S2. The molecule has 1 aromatic heterocycles. The van der Waals surface area contributed by atoms with Gasteiger partial charge in [0.15, 0.2) is 0 Å². The SMILES string of the molecule is CC(NC(=O)c1sccc1N(C)S(=O)(=O)c1ccc(Cl)cc1)c1ccccc1. The highest BCUT2D eigenvalue weighted by Crippen LogP contribution is 2.30. The van der Waals surface area contributed by atoms with Crippen LogP contribution in [0, 0.1) is 0 Å². The van der Waals surface area contributed by atoms with Gasteiger partial charge in [0.2, 0.25) is 0 Å². The number of hydrogen-bond donors (Lipinski definition) is 1. The van der Waals surface area contributed by atoms with Gasteiger partial charge in [-0.25, -0.2) is 8.42 Å². The lowest BCUT2D eigenvalue weighted by molar-refractivity contribution is 0.0944. The molecule has 1 N–H and O–H groups in total. The first-order valence-electron chi connectivity index (χ1n) is 8.48. The van der Waals surface area contributed by atoms with Gasteiger partial charge in [-0.15, -0.1) is 11.3 Å². The standard InChI is InChI=1S/C20H19ClN2O3S2/c1-14(15-6-4-3-5-7-15)22-20(24)19-18(12-13-27-19)23(2)28(25,26)17-10-8-16(21)9-11-17/h3-14H,1-2H3,(H,22,24). The lowest BCUT2D eigenvalue weighted by Crippen LogP contribution is -2.30. The van der Waals surface area contributed by atoms with Crippen molar-refractivity contribution in [3.05, 3.63) is 81.5 Å². The summed E-state index contributed by atoms with van der Waals surface area (Å²) in [4.78, 5) is 13.2. The number of benzene rings is 2. The molecule has 0 aliphatic rings. The lowest BCUT2D eigenvalue weighted by Gasteiger charge is -2.20. The summed E-state index contributed by atoms with van der Waals surface area (Å²) in [5, 5.41) is 5.08. The number of thiophene rings is 1. The number of rotatable bonds is 6. The molecule has 5 nitrogen and oxygen atoms in total. The van der Waals surface area contributed by atoms with Crippen LogP contribution in [0.25, 0.3) is 0 Å². The molecule has 3 rings (SSSR count). The lowest BCUT2D eigenvalue weighted by atomic mass is 10.1. The van der Waals surface area contributed by atoms with Gasteiger partial charge in [-0.2, -0.15) is 0 Å². The molecule has 0 saturated carbocycles. The maximum atomic E-state index is 12.9. The van der Waals surface area contributed by atoms with Crippen LogP contribution in [0.5, 0.6) is 0 Å². The quantitative estimate of drug-likeness (QED) is 0.610. The molecule has 3 aromatic rings. The molecule has 1 amide bonds. The van der Waals surface area contributed by atoms with Crippen molar-refractivity contribution in [3.63, 3.8) is 0 Å². The van der Waals surface area contributed by atoms with Gasteiger partial charge in [0.05, 0.1) is 16.6 Å². The van der Waals surface area contributed by atoms with Crippen molar-refractivity contribution in [2.24, 2.45) is 0 Å². The Bertz CT molecular complexity index is 1060. The molecule has 1 atom stereocenters. The van der Waals surface area contributed by atoms with Crippen molar-refractivity contribution in [1.29, 1.82) is 0 Å². The largest absolute Gasteiger partial charge is 0.345 e. The molecule has 1 unspecified atom stereocenters. The maximum absolute atomic E-state index is 12.9. The van der Waals surface area contributed by atoms with Crippen LogP contribution in [0.2, 0.25) is 5.02 Å². The first-order valence-corrected chi connectivity index (χ1v) is 11.2. The molecule has 0 fully saturated rings. The van der Waals surface area contributed by atoms with E-state index in [9.17, 15) is 13.2 Å². The van der Waals surface area contributed by atoms with Crippen molar-refractivity contribution >= 4 is 44.6 Å². The Kier molecular flexibility index (Phi) is 6.07. The highest BCUT2D eigenvalue weighted by molar-refractivity contribution is 7.92. The third-order valence-electron chi connectivity index (χ3n) is 4.31. The first kappa shape index (κ1) is 20.4. The van der Waals surface area contributed by atoms with Gasteiger partial charge in [0.1, 0.15) is 4.88 Å². The molecule has 0 saturated heterocycles. The van der Waals surface area contributed by atoms with Gasteiger partial charge in [-0.3, -0.25) is 9.10 Å². The van der Waals surface area contributed by atoms with Gasteiger partial charge in [-0.05, 0) is 48.2 Å². The fourth-order valence-electron chi connectivity index (χ4n) is 2.70. The van der Waals surface area contributed by atoms with Crippen LogP contribution in [0.1, 0.15) is 28.2 Å². The smallest absolute Gasteiger partial charge is 0.264 e. The molecule has 1 heterocycles.